The van der Waals surface area contributed by atoms with Gasteiger partial charge in [-0.1, -0.05) is 26.7 Å². The van der Waals surface area contributed by atoms with Crippen LogP contribution >= 0.6 is 0 Å². The van der Waals surface area contributed by atoms with Gasteiger partial charge in [-0.3, -0.25) is 4.79 Å². The zero-order valence-electron chi connectivity index (χ0n) is 11.9. The fourth-order valence-electron chi connectivity index (χ4n) is 2.70. The molecule has 0 spiro atoms. The summed E-state index contributed by atoms with van der Waals surface area (Å²) < 4.78 is 0. The van der Waals surface area contributed by atoms with Crippen LogP contribution in [-0.2, 0) is 4.79 Å². The highest BCUT2D eigenvalue weighted by atomic mass is 16.4. The van der Waals surface area contributed by atoms with E-state index in [0.717, 1.165) is 19.3 Å². The van der Waals surface area contributed by atoms with Crippen molar-refractivity contribution in [3.05, 3.63) is 0 Å². The summed E-state index contributed by atoms with van der Waals surface area (Å²) in [5.74, 6) is -0.362. The molecule has 5 heteroatoms. The van der Waals surface area contributed by atoms with Crippen molar-refractivity contribution in [1.82, 2.24) is 10.6 Å². The maximum atomic E-state index is 11.7. The normalized spacial score (nSPS) is 17.4. The maximum absolute atomic E-state index is 11.7. The first kappa shape index (κ1) is 15.8. The molecule has 0 aliphatic heterocycles. The van der Waals surface area contributed by atoms with Crippen LogP contribution in [0.25, 0.3) is 0 Å². The molecule has 1 aliphatic rings. The lowest BCUT2D eigenvalue weighted by Crippen LogP contribution is -2.43. The van der Waals surface area contributed by atoms with Crippen molar-refractivity contribution in [3.8, 4) is 0 Å². The minimum absolute atomic E-state index is 0.00632. The van der Waals surface area contributed by atoms with Gasteiger partial charge in [-0.05, 0) is 31.1 Å². The Morgan fingerprint density at radius 2 is 1.89 bits per heavy atom. The molecule has 3 N–H and O–H groups in total. The Morgan fingerprint density at radius 1 is 1.26 bits per heavy atom. The van der Waals surface area contributed by atoms with Gasteiger partial charge in [-0.15, -0.1) is 0 Å². The minimum atomic E-state index is -0.802. The molecule has 0 heterocycles. The molecule has 1 rings (SSSR count). The number of hydrogen-bond donors (Lipinski definition) is 3. The highest BCUT2D eigenvalue weighted by Crippen LogP contribution is 2.17. The van der Waals surface area contributed by atoms with E-state index in [1.807, 2.05) is 0 Å². The Bertz CT molecular complexity index is 299. The van der Waals surface area contributed by atoms with Crippen LogP contribution in [0, 0.1) is 11.8 Å². The van der Waals surface area contributed by atoms with Crippen molar-refractivity contribution >= 4 is 12.0 Å². The molecule has 0 aromatic carbocycles. The first-order valence-corrected chi connectivity index (χ1v) is 7.23. The van der Waals surface area contributed by atoms with Crippen LogP contribution in [0.3, 0.4) is 0 Å². The van der Waals surface area contributed by atoms with Gasteiger partial charge in [0, 0.05) is 19.0 Å². The molecular formula is C14H26N2O3. The largest absolute Gasteiger partial charge is 0.481 e. The van der Waals surface area contributed by atoms with E-state index in [4.69, 9.17) is 5.11 Å². The van der Waals surface area contributed by atoms with Crippen LogP contribution in [0.4, 0.5) is 4.79 Å². The summed E-state index contributed by atoms with van der Waals surface area (Å²) in [5, 5.41) is 14.6. The molecule has 1 aliphatic carbocycles. The second kappa shape index (κ2) is 8.02. The molecule has 0 aromatic heterocycles. The van der Waals surface area contributed by atoms with Gasteiger partial charge >= 0.3 is 12.0 Å². The number of carbonyl (C=O) groups is 2. The molecule has 1 saturated carbocycles. The average molecular weight is 270 g/mol. The van der Waals surface area contributed by atoms with E-state index in [0.29, 0.717) is 18.5 Å². The predicted molar refractivity (Wildman–Crippen MR) is 74.0 cm³/mol. The summed E-state index contributed by atoms with van der Waals surface area (Å²) in [6, 6.07) is 0.133. The Morgan fingerprint density at radius 3 is 2.42 bits per heavy atom. The van der Waals surface area contributed by atoms with E-state index in [1.54, 1.807) is 0 Å². The van der Waals surface area contributed by atoms with Crippen molar-refractivity contribution in [2.75, 3.05) is 6.54 Å². The van der Waals surface area contributed by atoms with Crippen molar-refractivity contribution in [1.29, 1.82) is 0 Å². The third-order valence-corrected chi connectivity index (χ3v) is 3.51. The Balaban J connectivity index is 2.28. The summed E-state index contributed by atoms with van der Waals surface area (Å²) in [5.41, 5.74) is 0. The number of nitrogens with one attached hydrogen (secondary N) is 2. The number of carbonyl (C=O) groups excluding carboxylic acids is 1. The number of rotatable bonds is 7. The Hall–Kier alpha value is -1.26. The number of urea groups is 1. The van der Waals surface area contributed by atoms with E-state index in [1.165, 1.54) is 12.8 Å². The molecule has 1 atom stereocenters. The van der Waals surface area contributed by atoms with Crippen LogP contribution in [0.15, 0.2) is 0 Å². The molecule has 5 nitrogen and oxygen atoms in total. The van der Waals surface area contributed by atoms with Crippen molar-refractivity contribution in [2.24, 2.45) is 11.8 Å². The monoisotopic (exact) mass is 270 g/mol. The van der Waals surface area contributed by atoms with Gasteiger partial charge in [0.25, 0.3) is 0 Å². The standard InChI is InChI=1S/C14H26N2O3/c1-10(2)7-11(8-13(17)18)9-15-14(19)16-12-5-3-4-6-12/h10-12H,3-9H2,1-2H3,(H,17,18)(H2,15,16,19)/t11-/m0/s1. The van der Waals surface area contributed by atoms with E-state index >= 15 is 0 Å². The third-order valence-electron chi connectivity index (χ3n) is 3.51. The molecule has 0 bridgehead atoms. The van der Waals surface area contributed by atoms with Gasteiger partial charge in [-0.25, -0.2) is 4.79 Å². The summed E-state index contributed by atoms with van der Waals surface area (Å²) in [7, 11) is 0. The summed E-state index contributed by atoms with van der Waals surface area (Å²) in [4.78, 5) is 22.5. The fraction of sp³-hybridized carbons (Fsp3) is 0.857. The van der Waals surface area contributed by atoms with Gasteiger partial charge in [0.2, 0.25) is 0 Å². The van der Waals surface area contributed by atoms with E-state index in [-0.39, 0.29) is 18.4 Å². The lowest BCUT2D eigenvalue weighted by Gasteiger charge is -2.19. The number of amides is 2. The smallest absolute Gasteiger partial charge is 0.315 e. The molecule has 0 unspecified atom stereocenters. The highest BCUT2D eigenvalue weighted by molar-refractivity contribution is 5.74. The fourth-order valence-corrected chi connectivity index (χ4v) is 2.70. The van der Waals surface area contributed by atoms with Crippen LogP contribution in [0.2, 0.25) is 0 Å². The zero-order valence-corrected chi connectivity index (χ0v) is 11.9. The van der Waals surface area contributed by atoms with E-state index < -0.39 is 5.97 Å². The molecular weight excluding hydrogens is 244 g/mol. The molecule has 0 radical (unpaired) electrons. The van der Waals surface area contributed by atoms with Crippen LogP contribution in [-0.4, -0.2) is 29.7 Å². The van der Waals surface area contributed by atoms with Crippen molar-refractivity contribution in [3.63, 3.8) is 0 Å². The second-order valence-corrected chi connectivity index (χ2v) is 5.93. The summed E-state index contributed by atoms with van der Waals surface area (Å²) in [6.07, 6.45) is 5.40. The lowest BCUT2D eigenvalue weighted by molar-refractivity contribution is -0.138. The molecule has 19 heavy (non-hydrogen) atoms. The number of hydrogen-bond acceptors (Lipinski definition) is 2. The van der Waals surface area contributed by atoms with Crippen molar-refractivity contribution in [2.45, 2.75) is 58.4 Å². The second-order valence-electron chi connectivity index (χ2n) is 5.93. The predicted octanol–water partition coefficient (Wildman–Crippen LogP) is 2.37. The minimum Gasteiger partial charge on any atom is -0.481 e. The zero-order chi connectivity index (χ0) is 14.3. The number of aliphatic carboxylic acids is 1. The van der Waals surface area contributed by atoms with E-state index in [2.05, 4.69) is 24.5 Å². The first-order valence-electron chi connectivity index (χ1n) is 7.23. The summed E-state index contributed by atoms with van der Waals surface area (Å²) >= 11 is 0. The average Bonchev–Trinajstić information content (AvgIpc) is 2.77. The number of carboxylic acid groups (broad SMARTS) is 1. The summed E-state index contributed by atoms with van der Waals surface area (Å²) in [6.45, 7) is 4.56. The van der Waals surface area contributed by atoms with Gasteiger partial charge in [-0.2, -0.15) is 0 Å². The Kier molecular flexibility index (Phi) is 6.67. The SMILES string of the molecule is CC(C)C[C@H](CNC(=O)NC1CCCC1)CC(=O)O. The van der Waals surface area contributed by atoms with Crippen molar-refractivity contribution < 1.29 is 14.7 Å². The van der Waals surface area contributed by atoms with Gasteiger partial charge in [0.05, 0.1) is 0 Å². The van der Waals surface area contributed by atoms with Crippen LogP contribution in [0.1, 0.15) is 52.4 Å². The maximum Gasteiger partial charge on any atom is 0.315 e. The number of carboxylic acids is 1. The van der Waals surface area contributed by atoms with Gasteiger partial charge < -0.3 is 15.7 Å². The third kappa shape index (κ3) is 7.03. The van der Waals surface area contributed by atoms with Gasteiger partial charge in [0.1, 0.15) is 0 Å². The lowest BCUT2D eigenvalue weighted by atomic mass is 9.94. The Labute approximate surface area is 115 Å². The quantitative estimate of drug-likeness (QED) is 0.664. The molecule has 0 saturated heterocycles. The van der Waals surface area contributed by atoms with Crippen LogP contribution in [0.5, 0.6) is 0 Å². The molecule has 110 valence electrons. The molecule has 2 amide bonds. The van der Waals surface area contributed by atoms with Gasteiger partial charge in [0.15, 0.2) is 0 Å². The van der Waals surface area contributed by atoms with Crippen LogP contribution < -0.4 is 10.6 Å². The highest BCUT2D eigenvalue weighted by Gasteiger charge is 2.19. The molecule has 0 aromatic rings. The molecule has 1 fully saturated rings. The van der Waals surface area contributed by atoms with E-state index in [9.17, 15) is 9.59 Å². The topological polar surface area (TPSA) is 78.4 Å². The first-order chi connectivity index (χ1) is 8.97.